The lowest BCUT2D eigenvalue weighted by Crippen LogP contribution is -2.10. The molecule has 1 aromatic carbocycles. The molecule has 1 N–H and O–H groups in total. The van der Waals surface area contributed by atoms with Crippen LogP contribution in [-0.4, -0.2) is 7.05 Å². The van der Waals surface area contributed by atoms with Gasteiger partial charge in [0, 0.05) is 16.5 Å². The predicted octanol–water partition coefficient (Wildman–Crippen LogP) is 3.37. The summed E-state index contributed by atoms with van der Waals surface area (Å²) in [6.45, 7) is 2.05. The summed E-state index contributed by atoms with van der Waals surface area (Å²) in [7, 11) is 1.91. The molecular formula is C11H12ClNO. The van der Waals surface area contributed by atoms with Gasteiger partial charge in [-0.1, -0.05) is 11.6 Å². The number of halogens is 1. The molecule has 3 heteroatoms. The van der Waals surface area contributed by atoms with Gasteiger partial charge in [-0.2, -0.15) is 0 Å². The van der Waals surface area contributed by atoms with Gasteiger partial charge in [0.15, 0.2) is 0 Å². The molecule has 0 spiro atoms. The zero-order valence-electron chi connectivity index (χ0n) is 8.17. The Balaban J connectivity index is 2.51. The Labute approximate surface area is 87.9 Å². The van der Waals surface area contributed by atoms with Crippen molar-refractivity contribution in [3.05, 3.63) is 35.0 Å². The number of benzene rings is 1. The molecule has 1 unspecified atom stereocenters. The highest BCUT2D eigenvalue weighted by atomic mass is 35.5. The highest BCUT2D eigenvalue weighted by Gasteiger charge is 2.09. The fourth-order valence-electron chi connectivity index (χ4n) is 1.38. The van der Waals surface area contributed by atoms with E-state index in [9.17, 15) is 0 Å². The Morgan fingerprint density at radius 3 is 2.86 bits per heavy atom. The number of hydrogen-bond acceptors (Lipinski definition) is 2. The summed E-state index contributed by atoms with van der Waals surface area (Å²) in [5.41, 5.74) is 0.842. The quantitative estimate of drug-likeness (QED) is 0.821. The van der Waals surface area contributed by atoms with Crippen molar-refractivity contribution in [2.24, 2.45) is 0 Å². The SMILES string of the molecule is CNC(C)c1cc2ccc(Cl)cc2o1. The average molecular weight is 210 g/mol. The van der Waals surface area contributed by atoms with E-state index in [1.807, 2.05) is 31.3 Å². The van der Waals surface area contributed by atoms with Gasteiger partial charge in [0.25, 0.3) is 0 Å². The summed E-state index contributed by atoms with van der Waals surface area (Å²) in [6, 6.07) is 7.93. The third-order valence-corrected chi connectivity index (χ3v) is 2.60. The van der Waals surface area contributed by atoms with E-state index in [0.717, 1.165) is 16.7 Å². The summed E-state index contributed by atoms with van der Waals surface area (Å²) in [5, 5.41) is 4.92. The predicted molar refractivity (Wildman–Crippen MR) is 58.7 cm³/mol. The van der Waals surface area contributed by atoms with E-state index >= 15 is 0 Å². The number of furan rings is 1. The van der Waals surface area contributed by atoms with Crippen LogP contribution in [0.3, 0.4) is 0 Å². The van der Waals surface area contributed by atoms with Gasteiger partial charge in [0.1, 0.15) is 11.3 Å². The van der Waals surface area contributed by atoms with Crippen LogP contribution in [0.5, 0.6) is 0 Å². The van der Waals surface area contributed by atoms with Gasteiger partial charge in [0.2, 0.25) is 0 Å². The Bertz CT molecular complexity index is 449. The Kier molecular flexibility index (Phi) is 2.48. The smallest absolute Gasteiger partial charge is 0.135 e. The van der Waals surface area contributed by atoms with E-state index in [-0.39, 0.29) is 6.04 Å². The molecule has 74 valence electrons. The molecule has 0 aliphatic heterocycles. The van der Waals surface area contributed by atoms with Crippen LogP contribution in [0.15, 0.2) is 28.7 Å². The third-order valence-electron chi connectivity index (χ3n) is 2.36. The summed E-state index contributed by atoms with van der Waals surface area (Å²) in [5.74, 6) is 0.935. The maximum absolute atomic E-state index is 5.87. The number of hydrogen-bond donors (Lipinski definition) is 1. The highest BCUT2D eigenvalue weighted by molar-refractivity contribution is 6.31. The molecule has 1 heterocycles. The zero-order valence-corrected chi connectivity index (χ0v) is 8.93. The lowest BCUT2D eigenvalue weighted by Gasteiger charge is -2.04. The van der Waals surface area contributed by atoms with Gasteiger partial charge in [0.05, 0.1) is 6.04 Å². The van der Waals surface area contributed by atoms with Gasteiger partial charge in [-0.15, -0.1) is 0 Å². The van der Waals surface area contributed by atoms with Gasteiger partial charge in [-0.25, -0.2) is 0 Å². The number of fused-ring (bicyclic) bond motifs is 1. The van der Waals surface area contributed by atoms with Crippen molar-refractivity contribution >= 4 is 22.6 Å². The van der Waals surface area contributed by atoms with Crippen LogP contribution in [0.2, 0.25) is 5.02 Å². The number of nitrogens with one attached hydrogen (secondary N) is 1. The summed E-state index contributed by atoms with van der Waals surface area (Å²) >= 11 is 5.87. The Morgan fingerprint density at radius 2 is 2.14 bits per heavy atom. The fraction of sp³-hybridized carbons (Fsp3) is 0.273. The van der Waals surface area contributed by atoms with E-state index in [1.165, 1.54) is 0 Å². The first kappa shape index (κ1) is 9.56. The molecule has 0 fully saturated rings. The maximum Gasteiger partial charge on any atom is 0.135 e. The maximum atomic E-state index is 5.87. The lowest BCUT2D eigenvalue weighted by molar-refractivity contribution is 0.475. The molecule has 14 heavy (non-hydrogen) atoms. The molecule has 0 aliphatic carbocycles. The molecule has 0 saturated heterocycles. The standard InChI is InChI=1S/C11H12ClNO/c1-7(13-2)10-5-8-3-4-9(12)6-11(8)14-10/h3-7,13H,1-2H3. The first-order chi connectivity index (χ1) is 6.70. The molecule has 0 amide bonds. The Morgan fingerprint density at radius 1 is 1.36 bits per heavy atom. The molecule has 0 bridgehead atoms. The van der Waals surface area contributed by atoms with Crippen LogP contribution in [0.25, 0.3) is 11.0 Å². The van der Waals surface area contributed by atoms with E-state index in [2.05, 4.69) is 12.2 Å². The molecule has 0 aliphatic rings. The summed E-state index contributed by atoms with van der Waals surface area (Å²) in [4.78, 5) is 0. The van der Waals surface area contributed by atoms with Crippen LogP contribution < -0.4 is 5.32 Å². The van der Waals surface area contributed by atoms with Crippen molar-refractivity contribution in [2.75, 3.05) is 7.05 Å². The van der Waals surface area contributed by atoms with Crippen LogP contribution in [0.1, 0.15) is 18.7 Å². The number of rotatable bonds is 2. The van der Waals surface area contributed by atoms with E-state index in [0.29, 0.717) is 5.02 Å². The van der Waals surface area contributed by atoms with Crippen molar-refractivity contribution in [1.82, 2.24) is 5.32 Å². The summed E-state index contributed by atoms with van der Waals surface area (Å²) < 4.78 is 5.65. The minimum Gasteiger partial charge on any atom is -0.459 e. The van der Waals surface area contributed by atoms with Crippen molar-refractivity contribution in [2.45, 2.75) is 13.0 Å². The first-order valence-corrected chi connectivity index (χ1v) is 4.95. The molecule has 2 aromatic rings. The summed E-state index contributed by atoms with van der Waals surface area (Å²) in [6.07, 6.45) is 0. The molecular weight excluding hydrogens is 198 g/mol. The first-order valence-electron chi connectivity index (χ1n) is 4.57. The monoisotopic (exact) mass is 209 g/mol. The van der Waals surface area contributed by atoms with Gasteiger partial charge in [-0.05, 0) is 32.2 Å². The van der Waals surface area contributed by atoms with Crippen molar-refractivity contribution in [3.63, 3.8) is 0 Å². The van der Waals surface area contributed by atoms with Crippen LogP contribution in [-0.2, 0) is 0 Å². The van der Waals surface area contributed by atoms with E-state index in [4.69, 9.17) is 16.0 Å². The van der Waals surface area contributed by atoms with Crippen LogP contribution in [0, 0.1) is 0 Å². The highest BCUT2D eigenvalue weighted by Crippen LogP contribution is 2.25. The normalized spacial score (nSPS) is 13.4. The largest absolute Gasteiger partial charge is 0.459 e. The molecule has 1 aromatic heterocycles. The second-order valence-corrected chi connectivity index (χ2v) is 3.78. The molecule has 0 radical (unpaired) electrons. The molecule has 2 nitrogen and oxygen atoms in total. The zero-order chi connectivity index (χ0) is 10.1. The molecule has 2 rings (SSSR count). The van der Waals surface area contributed by atoms with Crippen molar-refractivity contribution < 1.29 is 4.42 Å². The lowest BCUT2D eigenvalue weighted by atomic mass is 10.2. The van der Waals surface area contributed by atoms with E-state index < -0.39 is 0 Å². The average Bonchev–Trinajstić information content (AvgIpc) is 2.59. The second-order valence-electron chi connectivity index (χ2n) is 3.34. The van der Waals surface area contributed by atoms with Crippen molar-refractivity contribution in [1.29, 1.82) is 0 Å². The Hall–Kier alpha value is -0.990. The van der Waals surface area contributed by atoms with E-state index in [1.54, 1.807) is 0 Å². The van der Waals surface area contributed by atoms with Crippen LogP contribution >= 0.6 is 11.6 Å². The van der Waals surface area contributed by atoms with Gasteiger partial charge < -0.3 is 9.73 Å². The minimum atomic E-state index is 0.223. The molecule has 0 saturated carbocycles. The fourth-order valence-corrected chi connectivity index (χ4v) is 1.54. The molecule has 1 atom stereocenters. The second kappa shape index (κ2) is 3.64. The van der Waals surface area contributed by atoms with Gasteiger partial charge >= 0.3 is 0 Å². The topological polar surface area (TPSA) is 25.2 Å². The minimum absolute atomic E-state index is 0.223. The van der Waals surface area contributed by atoms with Crippen molar-refractivity contribution in [3.8, 4) is 0 Å². The van der Waals surface area contributed by atoms with Gasteiger partial charge in [-0.3, -0.25) is 0 Å². The third kappa shape index (κ3) is 1.63. The van der Waals surface area contributed by atoms with Crippen LogP contribution in [0.4, 0.5) is 0 Å².